The molecule has 0 amide bonds. The summed E-state index contributed by atoms with van der Waals surface area (Å²) < 4.78 is 78.8. The molecule has 1 unspecified atom stereocenters. The topological polar surface area (TPSA) is 27.3 Å². The number of halogens is 6. The third kappa shape index (κ3) is 5.89. The van der Waals surface area contributed by atoms with Crippen molar-refractivity contribution in [3.05, 3.63) is 70.3 Å². The highest BCUT2D eigenvalue weighted by Gasteiger charge is 2.37. The van der Waals surface area contributed by atoms with Gasteiger partial charge in [0, 0.05) is 25.3 Å². The lowest BCUT2D eigenvalue weighted by Crippen LogP contribution is -2.44. The minimum absolute atomic E-state index is 0.0650. The van der Waals surface area contributed by atoms with Crippen LogP contribution in [0.4, 0.5) is 32.0 Å². The Morgan fingerprint density at radius 2 is 1.58 bits per heavy atom. The number of fused-ring (bicyclic) bond motifs is 1. The van der Waals surface area contributed by atoms with Crippen LogP contribution in [-0.4, -0.2) is 31.2 Å². The first kappa shape index (κ1) is 23.6. The molecule has 9 heteroatoms. The van der Waals surface area contributed by atoms with Gasteiger partial charge in [0.2, 0.25) is 0 Å². The summed E-state index contributed by atoms with van der Waals surface area (Å²) in [6.45, 7) is 1.11. The second-order valence-corrected chi connectivity index (χ2v) is 8.75. The monoisotopic (exact) mass is 469 g/mol. The van der Waals surface area contributed by atoms with E-state index in [0.717, 1.165) is 35.5 Å². The van der Waals surface area contributed by atoms with Crippen molar-refractivity contribution in [2.45, 2.75) is 37.9 Å². The fraction of sp³-hybridized carbons (Fsp3) is 0.417. The van der Waals surface area contributed by atoms with Crippen LogP contribution in [0.2, 0.25) is 0 Å². The average Bonchev–Trinajstić information content (AvgIpc) is 3.55. The third-order valence-electron chi connectivity index (χ3n) is 5.93. The molecule has 2 aromatic rings. The predicted octanol–water partition coefficient (Wildman–Crippen LogP) is 5.99. The molecule has 178 valence electrons. The molecule has 1 aliphatic heterocycles. The minimum atomic E-state index is -4.86. The van der Waals surface area contributed by atoms with Crippen molar-refractivity contribution < 1.29 is 26.3 Å². The van der Waals surface area contributed by atoms with Crippen LogP contribution in [0.25, 0.3) is 6.08 Å². The van der Waals surface area contributed by atoms with Crippen LogP contribution in [0.15, 0.2) is 48.0 Å². The summed E-state index contributed by atoms with van der Waals surface area (Å²) in [5, 5.41) is 6.55. The average molecular weight is 469 g/mol. The Labute approximate surface area is 188 Å². The van der Waals surface area contributed by atoms with Crippen LogP contribution in [0, 0.1) is 5.92 Å². The molecule has 0 radical (unpaired) electrons. The zero-order valence-electron chi connectivity index (χ0n) is 18.0. The second kappa shape index (κ2) is 9.02. The highest BCUT2D eigenvalue weighted by molar-refractivity contribution is 5.73. The van der Waals surface area contributed by atoms with Crippen molar-refractivity contribution in [3.63, 3.8) is 0 Å². The lowest BCUT2D eigenvalue weighted by molar-refractivity contribution is -0.143. The first-order valence-electron chi connectivity index (χ1n) is 10.8. The highest BCUT2D eigenvalue weighted by Crippen LogP contribution is 2.36. The number of anilines is 1. The van der Waals surface area contributed by atoms with Gasteiger partial charge in [-0.05, 0) is 72.8 Å². The molecule has 1 saturated carbocycles. The van der Waals surface area contributed by atoms with E-state index in [1.807, 2.05) is 37.4 Å². The maximum Gasteiger partial charge on any atom is 0.416 e. The van der Waals surface area contributed by atoms with Gasteiger partial charge in [-0.3, -0.25) is 4.90 Å². The van der Waals surface area contributed by atoms with Gasteiger partial charge in [-0.2, -0.15) is 26.3 Å². The van der Waals surface area contributed by atoms with E-state index in [1.54, 1.807) is 0 Å². The molecule has 0 aromatic heterocycles. The van der Waals surface area contributed by atoms with E-state index in [1.165, 1.54) is 12.8 Å². The van der Waals surface area contributed by atoms with Gasteiger partial charge in [0.25, 0.3) is 0 Å². The smallest absolute Gasteiger partial charge is 0.366 e. The normalized spacial score (nSPS) is 18.7. The van der Waals surface area contributed by atoms with Gasteiger partial charge in [0.15, 0.2) is 0 Å². The quantitative estimate of drug-likeness (QED) is 0.488. The molecule has 3 nitrogen and oxygen atoms in total. The van der Waals surface area contributed by atoms with Gasteiger partial charge in [0.1, 0.15) is 6.17 Å². The molecule has 1 atom stereocenters. The van der Waals surface area contributed by atoms with Crippen LogP contribution >= 0.6 is 0 Å². The Bertz CT molecular complexity index is 991. The second-order valence-electron chi connectivity index (χ2n) is 8.75. The van der Waals surface area contributed by atoms with Crippen molar-refractivity contribution in [1.29, 1.82) is 0 Å². The number of benzene rings is 2. The molecule has 1 fully saturated rings. The number of rotatable bonds is 7. The van der Waals surface area contributed by atoms with Crippen LogP contribution in [0.1, 0.15) is 35.1 Å². The summed E-state index contributed by atoms with van der Waals surface area (Å²) in [4.78, 5) is 2.20. The summed E-state index contributed by atoms with van der Waals surface area (Å²) in [6.07, 6.45) is -5.40. The minimum Gasteiger partial charge on any atom is -0.366 e. The van der Waals surface area contributed by atoms with Crippen LogP contribution < -0.4 is 10.6 Å². The van der Waals surface area contributed by atoms with E-state index in [0.29, 0.717) is 12.5 Å². The van der Waals surface area contributed by atoms with Crippen LogP contribution in [0.5, 0.6) is 0 Å². The zero-order valence-corrected chi connectivity index (χ0v) is 18.0. The molecule has 0 saturated heterocycles. The fourth-order valence-electron chi connectivity index (χ4n) is 4.10. The van der Waals surface area contributed by atoms with E-state index >= 15 is 0 Å². The zero-order chi connectivity index (χ0) is 23.8. The molecule has 2 N–H and O–H groups in total. The summed E-state index contributed by atoms with van der Waals surface area (Å²) in [7, 11) is 2.01. The SMILES string of the molecule is CN(CC1CC1)C1Nc2ccccc2C=C1CNCc1cc(C(F)(F)F)cc(C(F)(F)F)c1. The molecule has 4 rings (SSSR count). The lowest BCUT2D eigenvalue weighted by atomic mass is 10.0. The van der Waals surface area contributed by atoms with Gasteiger partial charge in [0.05, 0.1) is 11.1 Å². The van der Waals surface area contributed by atoms with Crippen molar-refractivity contribution in [2.75, 3.05) is 25.5 Å². The number of likely N-dealkylation sites (N-methyl/N-ethyl adjacent to an activating group) is 1. The first-order valence-corrected chi connectivity index (χ1v) is 10.8. The first-order chi connectivity index (χ1) is 15.5. The summed E-state index contributed by atoms with van der Waals surface area (Å²) in [5.74, 6) is 0.661. The number of alkyl halides is 6. The van der Waals surface area contributed by atoms with Gasteiger partial charge in [-0.25, -0.2) is 0 Å². The summed E-state index contributed by atoms with van der Waals surface area (Å²) >= 11 is 0. The van der Waals surface area contributed by atoms with Crippen molar-refractivity contribution in [1.82, 2.24) is 10.2 Å². The lowest BCUT2D eigenvalue weighted by Gasteiger charge is -2.35. The molecular weight excluding hydrogens is 444 g/mol. The maximum atomic E-state index is 13.1. The van der Waals surface area contributed by atoms with Crippen molar-refractivity contribution in [3.8, 4) is 0 Å². The van der Waals surface area contributed by atoms with Gasteiger partial charge < -0.3 is 10.6 Å². The van der Waals surface area contributed by atoms with E-state index in [2.05, 4.69) is 15.5 Å². The van der Waals surface area contributed by atoms with E-state index in [-0.39, 0.29) is 24.3 Å². The molecule has 2 aliphatic rings. The Morgan fingerprint density at radius 3 is 2.18 bits per heavy atom. The number of nitrogens with one attached hydrogen (secondary N) is 2. The number of hydrogen-bond donors (Lipinski definition) is 2. The molecule has 0 bridgehead atoms. The molecule has 2 aromatic carbocycles. The molecular formula is C24H25F6N3. The Balaban J connectivity index is 1.51. The molecule has 0 spiro atoms. The predicted molar refractivity (Wildman–Crippen MR) is 115 cm³/mol. The largest absolute Gasteiger partial charge is 0.416 e. The van der Waals surface area contributed by atoms with Crippen molar-refractivity contribution in [2.24, 2.45) is 5.92 Å². The fourth-order valence-corrected chi connectivity index (χ4v) is 4.10. The van der Waals surface area contributed by atoms with Gasteiger partial charge >= 0.3 is 12.4 Å². The summed E-state index contributed by atoms with van der Waals surface area (Å²) in [5.41, 5.74) is 0.280. The molecule has 1 aliphatic carbocycles. The van der Waals surface area contributed by atoms with Crippen molar-refractivity contribution >= 4 is 11.8 Å². The van der Waals surface area contributed by atoms with Gasteiger partial charge in [-0.15, -0.1) is 0 Å². The highest BCUT2D eigenvalue weighted by atomic mass is 19.4. The van der Waals surface area contributed by atoms with E-state index in [4.69, 9.17) is 0 Å². The third-order valence-corrected chi connectivity index (χ3v) is 5.93. The van der Waals surface area contributed by atoms with Crippen LogP contribution in [-0.2, 0) is 18.9 Å². The number of nitrogens with zero attached hydrogens (tertiary/aromatic N) is 1. The van der Waals surface area contributed by atoms with E-state index < -0.39 is 23.5 Å². The molecule has 1 heterocycles. The van der Waals surface area contributed by atoms with Gasteiger partial charge in [-0.1, -0.05) is 18.2 Å². The Hall–Kier alpha value is -2.52. The van der Waals surface area contributed by atoms with E-state index in [9.17, 15) is 26.3 Å². The number of hydrogen-bond acceptors (Lipinski definition) is 3. The molecule has 33 heavy (non-hydrogen) atoms. The Kier molecular flexibility index (Phi) is 6.46. The summed E-state index contributed by atoms with van der Waals surface area (Å²) in [6, 6.07) is 9.47. The Morgan fingerprint density at radius 1 is 0.939 bits per heavy atom. The standard InChI is InChI=1S/C24H25F6N3/c1-33(14-15-6-7-15)22-18(10-17-4-2-3-5-21(17)32-22)13-31-12-16-8-19(23(25,26)27)11-20(9-16)24(28,29)30/h2-5,8-11,15,22,31-32H,6-7,12-14H2,1H3. The number of para-hydroxylation sites is 1. The maximum absolute atomic E-state index is 13.1. The van der Waals surface area contributed by atoms with Crippen LogP contribution in [0.3, 0.4) is 0 Å².